The van der Waals surface area contributed by atoms with E-state index < -0.39 is 35.1 Å². The Bertz CT molecular complexity index is 110. The van der Waals surface area contributed by atoms with Crippen LogP contribution in [0.4, 0.5) is 13.2 Å². The second-order valence-electron chi connectivity index (χ2n) is 1.26. The average Bonchev–Trinajstić information content (AvgIpc) is 1.88. The molecule has 3 nitrogen and oxygen atoms in total. The zero-order valence-corrected chi connectivity index (χ0v) is 7.36. The van der Waals surface area contributed by atoms with Gasteiger partial charge in [0.15, 0.2) is 0 Å². The smallest absolute Gasteiger partial charge is 0.412 e. The zero-order valence-electron chi connectivity index (χ0n) is 4.36. The standard InChI is InChI=1S/CF3O3Si3/c2-1(3,4)10-6-8-5-9-7-10. The Morgan fingerprint density at radius 2 is 1.60 bits per heavy atom. The van der Waals surface area contributed by atoms with Crippen LogP contribution in [0.25, 0.3) is 0 Å². The molecule has 1 rings (SSSR count). The largest absolute Gasteiger partial charge is 0.493 e. The molecule has 0 N–H and O–H groups in total. The topological polar surface area (TPSA) is 27.7 Å². The Kier molecular flexibility index (Phi) is 2.65. The van der Waals surface area contributed by atoms with Gasteiger partial charge in [0, 0.05) is 0 Å². The molecule has 10 heavy (non-hydrogen) atoms. The highest BCUT2D eigenvalue weighted by Crippen LogP contribution is 2.20. The van der Waals surface area contributed by atoms with Crippen LogP contribution in [0, 0.1) is 0 Å². The summed E-state index contributed by atoms with van der Waals surface area (Å²) < 4.78 is 47.9. The van der Waals surface area contributed by atoms with Crippen molar-refractivity contribution in [3.05, 3.63) is 0 Å². The molecule has 1 heterocycles. The third-order valence-electron chi connectivity index (χ3n) is 0.584. The van der Waals surface area contributed by atoms with E-state index in [0.29, 0.717) is 0 Å². The van der Waals surface area contributed by atoms with E-state index >= 15 is 0 Å². The molecule has 5 radical (unpaired) electrons. The fraction of sp³-hybridized carbons (Fsp3) is 1.00. The number of alkyl halides is 3. The van der Waals surface area contributed by atoms with Gasteiger partial charge >= 0.3 is 35.1 Å². The van der Waals surface area contributed by atoms with E-state index in [4.69, 9.17) is 0 Å². The van der Waals surface area contributed by atoms with Crippen molar-refractivity contribution in [3.8, 4) is 0 Å². The molecule has 0 aromatic rings. The minimum atomic E-state index is -4.34. The SMILES string of the molecule is FC(F)(F)[Si]1O[Si]O[Si]O1. The Balaban J connectivity index is 2.39. The molecule has 0 unspecified atom stereocenters. The van der Waals surface area contributed by atoms with Crippen LogP contribution in [0.3, 0.4) is 0 Å². The first-order valence-corrected chi connectivity index (χ1v) is 4.99. The minimum Gasteiger partial charge on any atom is -0.412 e. The van der Waals surface area contributed by atoms with Crippen molar-refractivity contribution in [2.24, 2.45) is 0 Å². The van der Waals surface area contributed by atoms with E-state index in [1.807, 2.05) is 0 Å². The van der Waals surface area contributed by atoms with E-state index in [1.54, 1.807) is 0 Å². The number of hydrogen-bond acceptors (Lipinski definition) is 3. The van der Waals surface area contributed by atoms with Gasteiger partial charge in [0.05, 0.1) is 0 Å². The fourth-order valence-electron chi connectivity index (χ4n) is 0.271. The van der Waals surface area contributed by atoms with Crippen molar-refractivity contribution in [3.63, 3.8) is 0 Å². The fourth-order valence-corrected chi connectivity index (χ4v) is 3.56. The predicted octanol–water partition coefficient (Wildman–Crippen LogP) is -0.292. The molecular weight excluding hydrogens is 201 g/mol. The molecule has 9 heteroatoms. The van der Waals surface area contributed by atoms with Crippen LogP contribution in [0.1, 0.15) is 0 Å². The molecule has 55 valence electrons. The predicted molar refractivity (Wildman–Crippen MR) is 26.6 cm³/mol. The molecule has 0 spiro atoms. The highest BCUT2D eigenvalue weighted by Gasteiger charge is 2.49. The monoisotopic (exact) mass is 201 g/mol. The van der Waals surface area contributed by atoms with Gasteiger partial charge in [-0.3, -0.25) is 0 Å². The molecule has 1 saturated heterocycles. The molecule has 0 aromatic heterocycles. The van der Waals surface area contributed by atoms with Crippen molar-refractivity contribution in [2.45, 2.75) is 5.80 Å². The summed E-state index contributed by atoms with van der Waals surface area (Å²) in [4.78, 5) is 0. The highest BCUT2D eigenvalue weighted by molar-refractivity contribution is 6.62. The van der Waals surface area contributed by atoms with Gasteiger partial charge in [-0.1, -0.05) is 0 Å². The maximum absolute atomic E-state index is 11.7. The Morgan fingerprint density at radius 3 is 1.90 bits per heavy atom. The third kappa shape index (κ3) is 2.17. The summed E-state index contributed by atoms with van der Waals surface area (Å²) in [6.07, 6.45) is 0. The van der Waals surface area contributed by atoms with Gasteiger partial charge in [0.1, 0.15) is 0 Å². The normalized spacial score (nSPS) is 23.1. The van der Waals surface area contributed by atoms with Gasteiger partial charge in [0.2, 0.25) is 0 Å². The van der Waals surface area contributed by atoms with Crippen LogP contribution in [0.15, 0.2) is 0 Å². The van der Waals surface area contributed by atoms with Crippen molar-refractivity contribution in [1.29, 1.82) is 0 Å². The van der Waals surface area contributed by atoms with Crippen LogP contribution in [0.2, 0.25) is 0 Å². The molecule has 0 saturated carbocycles. The first kappa shape index (κ1) is 8.42. The summed E-state index contributed by atoms with van der Waals surface area (Å²) in [6.45, 7) is 0. The summed E-state index contributed by atoms with van der Waals surface area (Å²) in [5, 5.41) is 0. The van der Waals surface area contributed by atoms with Crippen molar-refractivity contribution in [2.75, 3.05) is 0 Å². The molecular formula is CF3O3Si3. The van der Waals surface area contributed by atoms with Crippen LogP contribution in [-0.4, -0.2) is 35.1 Å². The van der Waals surface area contributed by atoms with Gasteiger partial charge < -0.3 is 12.3 Å². The minimum absolute atomic E-state index is 0.532. The maximum atomic E-state index is 11.7. The van der Waals surface area contributed by atoms with Gasteiger partial charge in [0.25, 0.3) is 0 Å². The number of rotatable bonds is 0. The Hall–Kier alpha value is 0.321. The summed E-state index contributed by atoms with van der Waals surface area (Å²) >= 11 is 0. The lowest BCUT2D eigenvalue weighted by Crippen LogP contribution is -2.46. The molecule has 0 atom stereocenters. The lowest BCUT2D eigenvalue weighted by molar-refractivity contribution is -0.0750. The molecule has 0 aromatic carbocycles. The zero-order chi connectivity index (χ0) is 7.61. The second kappa shape index (κ2) is 3.15. The second-order valence-corrected chi connectivity index (χ2v) is 5.18. The van der Waals surface area contributed by atoms with Crippen LogP contribution in [-0.2, 0) is 12.3 Å². The molecule has 1 aliphatic heterocycles. The molecule has 0 aliphatic carbocycles. The highest BCUT2D eigenvalue weighted by atomic mass is 28.4. The van der Waals surface area contributed by atoms with E-state index in [1.165, 1.54) is 0 Å². The average molecular weight is 201 g/mol. The first-order valence-electron chi connectivity index (χ1n) is 2.04. The van der Waals surface area contributed by atoms with Gasteiger partial charge in [-0.25, -0.2) is 0 Å². The van der Waals surface area contributed by atoms with Crippen LogP contribution >= 0.6 is 0 Å². The number of halogens is 3. The van der Waals surface area contributed by atoms with Crippen molar-refractivity contribution in [1.82, 2.24) is 0 Å². The summed E-state index contributed by atoms with van der Waals surface area (Å²) in [7, 11) is -4.13. The molecule has 1 aliphatic rings. The van der Waals surface area contributed by atoms with Crippen molar-refractivity contribution >= 4 is 29.3 Å². The quantitative estimate of drug-likeness (QED) is 0.504. The van der Waals surface area contributed by atoms with E-state index in [2.05, 4.69) is 12.3 Å². The van der Waals surface area contributed by atoms with Gasteiger partial charge in [-0.05, 0) is 0 Å². The Morgan fingerprint density at radius 1 is 1.10 bits per heavy atom. The van der Waals surface area contributed by atoms with E-state index in [9.17, 15) is 13.2 Å². The number of hydrogen-bond donors (Lipinski definition) is 0. The maximum Gasteiger partial charge on any atom is 0.493 e. The van der Waals surface area contributed by atoms with Crippen LogP contribution < -0.4 is 0 Å². The third-order valence-corrected chi connectivity index (χ3v) is 3.86. The summed E-state index contributed by atoms with van der Waals surface area (Å²) in [6, 6.07) is 0. The first-order chi connectivity index (χ1) is 4.61. The summed E-state index contributed by atoms with van der Waals surface area (Å²) in [5.41, 5.74) is 0. The van der Waals surface area contributed by atoms with Crippen LogP contribution in [0.5, 0.6) is 0 Å². The Labute approximate surface area is 61.4 Å². The van der Waals surface area contributed by atoms with E-state index in [0.717, 1.165) is 0 Å². The molecule has 0 bridgehead atoms. The van der Waals surface area contributed by atoms with Gasteiger partial charge in [-0.2, -0.15) is 13.2 Å². The van der Waals surface area contributed by atoms with Crippen molar-refractivity contribution < 1.29 is 25.5 Å². The van der Waals surface area contributed by atoms with E-state index in [-0.39, 0.29) is 0 Å². The molecule has 0 amide bonds. The van der Waals surface area contributed by atoms with Gasteiger partial charge in [-0.15, -0.1) is 0 Å². The molecule has 1 fully saturated rings. The lowest BCUT2D eigenvalue weighted by atomic mass is 11.5. The summed E-state index contributed by atoms with van der Waals surface area (Å²) in [5.74, 6) is -4.34. The lowest BCUT2D eigenvalue weighted by Gasteiger charge is -2.19.